The lowest BCUT2D eigenvalue weighted by Crippen LogP contribution is -2.25. The van der Waals surface area contributed by atoms with Gasteiger partial charge in [-0.3, -0.25) is 4.79 Å². The molecule has 1 aliphatic heterocycles. The van der Waals surface area contributed by atoms with Crippen molar-refractivity contribution in [3.8, 4) is 11.5 Å². The molecular formula is C16H14FNO3. The highest BCUT2D eigenvalue weighted by atomic mass is 19.1. The highest BCUT2D eigenvalue weighted by Crippen LogP contribution is 2.32. The Morgan fingerprint density at radius 2 is 1.86 bits per heavy atom. The molecule has 2 aromatic carbocycles. The minimum Gasteiger partial charge on any atom is -0.454 e. The summed E-state index contributed by atoms with van der Waals surface area (Å²) in [5.74, 6) is 0.911. The van der Waals surface area contributed by atoms with Gasteiger partial charge in [0.1, 0.15) is 5.82 Å². The zero-order chi connectivity index (χ0) is 14.7. The van der Waals surface area contributed by atoms with E-state index in [1.165, 1.54) is 24.3 Å². The summed E-state index contributed by atoms with van der Waals surface area (Å²) in [5, 5.41) is 2.80. The zero-order valence-corrected chi connectivity index (χ0v) is 11.3. The van der Waals surface area contributed by atoms with Crippen molar-refractivity contribution >= 4 is 5.91 Å². The second kappa shape index (κ2) is 5.83. The molecule has 5 heteroatoms. The summed E-state index contributed by atoms with van der Waals surface area (Å²) in [4.78, 5) is 11.9. The summed E-state index contributed by atoms with van der Waals surface area (Å²) in [6, 6.07) is 11.2. The molecule has 0 saturated heterocycles. The van der Waals surface area contributed by atoms with Crippen LogP contribution in [0.1, 0.15) is 15.9 Å². The Hall–Kier alpha value is -2.56. The van der Waals surface area contributed by atoms with Gasteiger partial charge in [0.15, 0.2) is 11.5 Å². The van der Waals surface area contributed by atoms with Gasteiger partial charge in [-0.15, -0.1) is 0 Å². The number of rotatable bonds is 4. The van der Waals surface area contributed by atoms with Crippen molar-refractivity contribution in [2.75, 3.05) is 13.3 Å². The van der Waals surface area contributed by atoms with E-state index in [9.17, 15) is 9.18 Å². The molecule has 0 unspecified atom stereocenters. The third-order valence-electron chi connectivity index (χ3n) is 3.24. The molecule has 0 radical (unpaired) electrons. The van der Waals surface area contributed by atoms with Crippen molar-refractivity contribution in [3.05, 3.63) is 59.4 Å². The second-order valence-corrected chi connectivity index (χ2v) is 4.70. The van der Waals surface area contributed by atoms with Gasteiger partial charge in [0.2, 0.25) is 6.79 Å². The normalized spacial score (nSPS) is 12.2. The lowest BCUT2D eigenvalue weighted by molar-refractivity contribution is 0.0954. The number of halogens is 1. The minimum atomic E-state index is -0.355. The molecule has 0 spiro atoms. The first-order valence-electron chi connectivity index (χ1n) is 6.65. The Bertz CT molecular complexity index is 655. The van der Waals surface area contributed by atoms with E-state index >= 15 is 0 Å². The Morgan fingerprint density at radius 1 is 1.10 bits per heavy atom. The fraction of sp³-hybridized carbons (Fsp3) is 0.188. The lowest BCUT2D eigenvalue weighted by atomic mass is 10.1. The predicted molar refractivity (Wildman–Crippen MR) is 75.0 cm³/mol. The highest BCUT2D eigenvalue weighted by molar-refractivity contribution is 5.94. The summed E-state index contributed by atoms with van der Waals surface area (Å²) in [6.07, 6.45) is 0.684. The Kier molecular flexibility index (Phi) is 3.73. The van der Waals surface area contributed by atoms with Crippen molar-refractivity contribution in [2.24, 2.45) is 0 Å². The van der Waals surface area contributed by atoms with E-state index in [-0.39, 0.29) is 18.5 Å². The number of fused-ring (bicyclic) bond motifs is 1. The van der Waals surface area contributed by atoms with E-state index in [2.05, 4.69) is 5.32 Å². The maximum absolute atomic E-state index is 12.8. The molecular weight excluding hydrogens is 273 g/mol. The second-order valence-electron chi connectivity index (χ2n) is 4.70. The molecule has 3 rings (SSSR count). The molecule has 0 atom stereocenters. The molecule has 0 bridgehead atoms. The van der Waals surface area contributed by atoms with Crippen LogP contribution in [-0.2, 0) is 6.42 Å². The predicted octanol–water partition coefficient (Wildman–Crippen LogP) is 2.53. The molecule has 1 aliphatic rings. The zero-order valence-electron chi connectivity index (χ0n) is 11.3. The van der Waals surface area contributed by atoms with Crippen LogP contribution >= 0.6 is 0 Å². The van der Waals surface area contributed by atoms with Gasteiger partial charge in [0.05, 0.1) is 0 Å². The molecule has 0 saturated carbocycles. The van der Waals surface area contributed by atoms with Gasteiger partial charge < -0.3 is 14.8 Å². The number of amides is 1. The largest absolute Gasteiger partial charge is 0.454 e. The Balaban J connectivity index is 1.54. The standard InChI is InChI=1S/C16H14FNO3/c17-13-4-2-12(3-5-13)16(19)18-8-7-11-1-6-14-15(9-11)21-10-20-14/h1-6,9H,7-8,10H2,(H,18,19). The van der Waals surface area contributed by atoms with Crippen LogP contribution in [0.4, 0.5) is 4.39 Å². The maximum atomic E-state index is 12.8. The van der Waals surface area contributed by atoms with Crippen molar-refractivity contribution < 1.29 is 18.7 Å². The smallest absolute Gasteiger partial charge is 0.251 e. The quantitative estimate of drug-likeness (QED) is 0.940. The van der Waals surface area contributed by atoms with E-state index in [1.807, 2.05) is 18.2 Å². The summed E-state index contributed by atoms with van der Waals surface area (Å²) >= 11 is 0. The van der Waals surface area contributed by atoms with Crippen molar-refractivity contribution in [3.63, 3.8) is 0 Å². The van der Waals surface area contributed by atoms with Gasteiger partial charge in [0.25, 0.3) is 5.91 Å². The van der Waals surface area contributed by atoms with E-state index in [0.717, 1.165) is 17.1 Å². The molecule has 108 valence electrons. The number of ether oxygens (including phenoxy) is 2. The van der Waals surface area contributed by atoms with E-state index in [0.29, 0.717) is 18.5 Å². The van der Waals surface area contributed by atoms with Crippen LogP contribution in [0.5, 0.6) is 11.5 Å². The molecule has 1 N–H and O–H groups in total. The van der Waals surface area contributed by atoms with Gasteiger partial charge >= 0.3 is 0 Å². The molecule has 2 aromatic rings. The van der Waals surface area contributed by atoms with Crippen molar-refractivity contribution in [1.82, 2.24) is 5.32 Å². The summed E-state index contributed by atoms with van der Waals surface area (Å²) < 4.78 is 23.3. The number of hydrogen-bond donors (Lipinski definition) is 1. The monoisotopic (exact) mass is 287 g/mol. The third-order valence-corrected chi connectivity index (χ3v) is 3.24. The Morgan fingerprint density at radius 3 is 2.67 bits per heavy atom. The number of nitrogens with one attached hydrogen (secondary N) is 1. The molecule has 21 heavy (non-hydrogen) atoms. The van der Waals surface area contributed by atoms with E-state index < -0.39 is 0 Å². The number of carbonyl (C=O) groups is 1. The van der Waals surface area contributed by atoms with Gasteiger partial charge in [-0.2, -0.15) is 0 Å². The van der Waals surface area contributed by atoms with Crippen molar-refractivity contribution in [2.45, 2.75) is 6.42 Å². The minimum absolute atomic E-state index is 0.212. The molecule has 0 aliphatic carbocycles. The van der Waals surface area contributed by atoms with Gasteiger partial charge in [-0.1, -0.05) is 6.07 Å². The molecule has 0 aromatic heterocycles. The molecule has 1 amide bonds. The van der Waals surface area contributed by atoms with Crippen LogP contribution in [0.25, 0.3) is 0 Å². The first kappa shape index (κ1) is 13.4. The van der Waals surface area contributed by atoms with Crippen LogP contribution in [0, 0.1) is 5.82 Å². The topological polar surface area (TPSA) is 47.6 Å². The fourth-order valence-electron chi connectivity index (χ4n) is 2.12. The first-order chi connectivity index (χ1) is 10.2. The summed E-state index contributed by atoms with van der Waals surface area (Å²) in [5.41, 5.74) is 1.50. The van der Waals surface area contributed by atoms with Crippen LogP contribution < -0.4 is 14.8 Å². The average Bonchev–Trinajstić information content (AvgIpc) is 2.95. The van der Waals surface area contributed by atoms with Crippen LogP contribution in [0.2, 0.25) is 0 Å². The van der Waals surface area contributed by atoms with Gasteiger partial charge in [-0.25, -0.2) is 4.39 Å². The van der Waals surface area contributed by atoms with Crippen molar-refractivity contribution in [1.29, 1.82) is 0 Å². The van der Waals surface area contributed by atoms with Crippen LogP contribution in [0.15, 0.2) is 42.5 Å². The fourth-order valence-corrected chi connectivity index (χ4v) is 2.12. The van der Waals surface area contributed by atoms with Crippen LogP contribution in [0.3, 0.4) is 0 Å². The van der Waals surface area contributed by atoms with Gasteiger partial charge in [-0.05, 0) is 48.4 Å². The number of benzene rings is 2. The first-order valence-corrected chi connectivity index (χ1v) is 6.65. The molecule has 0 fully saturated rings. The molecule has 4 nitrogen and oxygen atoms in total. The Labute approximate surface area is 121 Å². The summed E-state index contributed by atoms with van der Waals surface area (Å²) in [6.45, 7) is 0.746. The number of hydrogen-bond acceptors (Lipinski definition) is 3. The summed E-state index contributed by atoms with van der Waals surface area (Å²) in [7, 11) is 0. The highest BCUT2D eigenvalue weighted by Gasteiger charge is 2.13. The third kappa shape index (κ3) is 3.13. The maximum Gasteiger partial charge on any atom is 0.251 e. The SMILES string of the molecule is O=C(NCCc1ccc2c(c1)OCO2)c1ccc(F)cc1. The molecule has 1 heterocycles. The van der Waals surface area contributed by atoms with E-state index in [4.69, 9.17) is 9.47 Å². The average molecular weight is 287 g/mol. The van der Waals surface area contributed by atoms with Crippen LogP contribution in [-0.4, -0.2) is 19.2 Å². The lowest BCUT2D eigenvalue weighted by Gasteiger charge is -2.06. The van der Waals surface area contributed by atoms with Gasteiger partial charge in [0, 0.05) is 12.1 Å². The van der Waals surface area contributed by atoms with E-state index in [1.54, 1.807) is 0 Å². The number of carbonyl (C=O) groups excluding carboxylic acids is 1.